The second-order valence-electron chi connectivity index (χ2n) is 3.13. The minimum atomic E-state index is -0.988. The van der Waals surface area contributed by atoms with Crippen LogP contribution in [0.15, 0.2) is 34.8 Å². The first-order valence-corrected chi connectivity index (χ1v) is 5.03. The summed E-state index contributed by atoms with van der Waals surface area (Å²) in [7, 11) is 0. The maximum absolute atomic E-state index is 11.0. The maximum atomic E-state index is 11.0. The van der Waals surface area contributed by atoms with Crippen molar-refractivity contribution in [2.75, 3.05) is 0 Å². The van der Waals surface area contributed by atoms with Crippen LogP contribution in [0.4, 0.5) is 0 Å². The molecule has 0 aliphatic rings. The van der Waals surface area contributed by atoms with Crippen LogP contribution in [-0.4, -0.2) is 16.2 Å². The summed E-state index contributed by atoms with van der Waals surface area (Å²) < 4.78 is 0.535. The molecule has 4 heteroatoms. The van der Waals surface area contributed by atoms with Crippen LogP contribution in [0.3, 0.4) is 0 Å². The molecule has 0 fully saturated rings. The Hall–Kier alpha value is -1.55. The SMILES string of the molecule is O=C(O)c1c(Br)ccc2cc(O)ccc12. The third-order valence-corrected chi connectivity index (χ3v) is 2.83. The maximum Gasteiger partial charge on any atom is 0.337 e. The molecule has 0 aromatic heterocycles. The Morgan fingerprint density at radius 2 is 1.93 bits per heavy atom. The molecule has 0 saturated carbocycles. The second-order valence-corrected chi connectivity index (χ2v) is 3.99. The van der Waals surface area contributed by atoms with Gasteiger partial charge in [-0.25, -0.2) is 4.79 Å². The number of carboxylic acid groups (broad SMARTS) is 1. The van der Waals surface area contributed by atoms with E-state index in [-0.39, 0.29) is 11.3 Å². The van der Waals surface area contributed by atoms with Gasteiger partial charge in [0.2, 0.25) is 0 Å². The van der Waals surface area contributed by atoms with Crippen molar-refractivity contribution in [2.45, 2.75) is 0 Å². The summed E-state index contributed by atoms with van der Waals surface area (Å²) in [5.74, 6) is -0.862. The van der Waals surface area contributed by atoms with Crippen LogP contribution in [0.1, 0.15) is 10.4 Å². The quantitative estimate of drug-likeness (QED) is 0.834. The van der Waals surface area contributed by atoms with E-state index in [2.05, 4.69) is 15.9 Å². The molecule has 0 spiro atoms. The number of aromatic hydroxyl groups is 1. The molecular weight excluding hydrogens is 260 g/mol. The van der Waals surface area contributed by atoms with Crippen molar-refractivity contribution < 1.29 is 15.0 Å². The predicted molar refractivity (Wildman–Crippen MR) is 60.3 cm³/mol. The van der Waals surface area contributed by atoms with Crippen molar-refractivity contribution >= 4 is 32.7 Å². The number of phenols is 1. The number of hydrogen-bond donors (Lipinski definition) is 2. The number of benzene rings is 2. The van der Waals surface area contributed by atoms with Gasteiger partial charge in [-0.05, 0) is 51.0 Å². The molecule has 76 valence electrons. The predicted octanol–water partition coefficient (Wildman–Crippen LogP) is 3.01. The summed E-state index contributed by atoms with van der Waals surface area (Å²) in [6.07, 6.45) is 0. The van der Waals surface area contributed by atoms with E-state index in [4.69, 9.17) is 5.11 Å². The zero-order valence-corrected chi connectivity index (χ0v) is 9.15. The monoisotopic (exact) mass is 266 g/mol. The van der Waals surface area contributed by atoms with E-state index in [1.165, 1.54) is 12.1 Å². The van der Waals surface area contributed by atoms with Crippen LogP contribution in [0.2, 0.25) is 0 Å². The lowest BCUT2D eigenvalue weighted by molar-refractivity contribution is 0.0698. The zero-order valence-electron chi connectivity index (χ0n) is 7.57. The summed E-state index contributed by atoms with van der Waals surface area (Å²) >= 11 is 3.19. The van der Waals surface area contributed by atoms with Gasteiger partial charge in [-0.1, -0.05) is 6.07 Å². The number of hydrogen-bond acceptors (Lipinski definition) is 2. The molecule has 2 rings (SSSR count). The van der Waals surface area contributed by atoms with Gasteiger partial charge in [-0.3, -0.25) is 0 Å². The topological polar surface area (TPSA) is 57.5 Å². The first kappa shape index (κ1) is 9.98. The van der Waals surface area contributed by atoms with E-state index in [0.29, 0.717) is 15.2 Å². The van der Waals surface area contributed by atoms with Gasteiger partial charge in [0.15, 0.2) is 0 Å². The minimum Gasteiger partial charge on any atom is -0.508 e. The summed E-state index contributed by atoms with van der Waals surface area (Å²) in [6.45, 7) is 0. The lowest BCUT2D eigenvalue weighted by atomic mass is 10.0. The highest BCUT2D eigenvalue weighted by atomic mass is 79.9. The Kier molecular flexibility index (Phi) is 2.36. The summed E-state index contributed by atoms with van der Waals surface area (Å²) in [5, 5.41) is 19.6. The Balaban J connectivity index is 2.88. The average Bonchev–Trinajstić information content (AvgIpc) is 2.17. The molecular formula is C11H7BrO3. The highest BCUT2D eigenvalue weighted by Gasteiger charge is 2.12. The molecule has 0 aliphatic heterocycles. The molecule has 0 heterocycles. The molecule has 0 radical (unpaired) electrons. The highest BCUT2D eigenvalue weighted by molar-refractivity contribution is 9.10. The largest absolute Gasteiger partial charge is 0.508 e. The number of rotatable bonds is 1. The smallest absolute Gasteiger partial charge is 0.337 e. The van der Waals surface area contributed by atoms with E-state index >= 15 is 0 Å². The van der Waals surface area contributed by atoms with Crippen molar-refractivity contribution in [3.63, 3.8) is 0 Å². The fraction of sp³-hybridized carbons (Fsp3) is 0. The van der Waals surface area contributed by atoms with Gasteiger partial charge in [-0.2, -0.15) is 0 Å². The molecule has 0 saturated heterocycles. The molecule has 3 nitrogen and oxygen atoms in total. The molecule has 2 aromatic rings. The van der Waals surface area contributed by atoms with Crippen LogP contribution in [-0.2, 0) is 0 Å². The number of carbonyl (C=O) groups is 1. The summed E-state index contributed by atoms with van der Waals surface area (Å²) in [6, 6.07) is 8.02. The van der Waals surface area contributed by atoms with Gasteiger partial charge in [-0.15, -0.1) is 0 Å². The highest BCUT2D eigenvalue weighted by Crippen LogP contribution is 2.28. The van der Waals surface area contributed by atoms with Crippen LogP contribution >= 0.6 is 15.9 Å². The molecule has 0 atom stereocenters. The number of fused-ring (bicyclic) bond motifs is 1. The Morgan fingerprint density at radius 3 is 2.60 bits per heavy atom. The lowest BCUT2D eigenvalue weighted by Crippen LogP contribution is -1.98. The first-order chi connectivity index (χ1) is 7.09. The van der Waals surface area contributed by atoms with Crippen molar-refractivity contribution in [1.82, 2.24) is 0 Å². The van der Waals surface area contributed by atoms with Gasteiger partial charge in [0, 0.05) is 4.47 Å². The van der Waals surface area contributed by atoms with Crippen molar-refractivity contribution in [2.24, 2.45) is 0 Å². The van der Waals surface area contributed by atoms with E-state index in [9.17, 15) is 9.90 Å². The first-order valence-electron chi connectivity index (χ1n) is 4.24. The zero-order chi connectivity index (χ0) is 11.0. The Morgan fingerprint density at radius 1 is 1.20 bits per heavy atom. The Bertz CT molecular complexity index is 549. The van der Waals surface area contributed by atoms with Gasteiger partial charge < -0.3 is 10.2 Å². The molecule has 2 aromatic carbocycles. The van der Waals surface area contributed by atoms with Gasteiger partial charge in [0.1, 0.15) is 5.75 Å². The van der Waals surface area contributed by atoms with Crippen LogP contribution < -0.4 is 0 Å². The molecule has 0 amide bonds. The van der Waals surface area contributed by atoms with Crippen LogP contribution in [0.25, 0.3) is 10.8 Å². The molecule has 0 unspecified atom stereocenters. The van der Waals surface area contributed by atoms with Crippen molar-refractivity contribution in [1.29, 1.82) is 0 Å². The van der Waals surface area contributed by atoms with Crippen LogP contribution in [0.5, 0.6) is 5.75 Å². The lowest BCUT2D eigenvalue weighted by Gasteiger charge is -2.05. The number of aromatic carboxylic acids is 1. The van der Waals surface area contributed by atoms with E-state index < -0.39 is 5.97 Å². The fourth-order valence-corrected chi connectivity index (χ4v) is 2.02. The van der Waals surface area contributed by atoms with Crippen molar-refractivity contribution in [3.05, 3.63) is 40.4 Å². The van der Waals surface area contributed by atoms with Gasteiger partial charge in [0.25, 0.3) is 0 Å². The molecule has 0 bridgehead atoms. The number of phenolic OH excluding ortho intramolecular Hbond substituents is 1. The number of halogens is 1. The van der Waals surface area contributed by atoms with Crippen LogP contribution in [0, 0.1) is 0 Å². The summed E-state index contributed by atoms with van der Waals surface area (Å²) in [4.78, 5) is 11.0. The average molecular weight is 267 g/mol. The number of carboxylic acids is 1. The Labute approximate surface area is 94.1 Å². The van der Waals surface area contributed by atoms with Crippen molar-refractivity contribution in [3.8, 4) is 5.75 Å². The van der Waals surface area contributed by atoms with Gasteiger partial charge >= 0.3 is 5.97 Å². The molecule has 15 heavy (non-hydrogen) atoms. The minimum absolute atomic E-state index is 0.126. The van der Waals surface area contributed by atoms with E-state index in [1.54, 1.807) is 18.2 Å². The normalized spacial score (nSPS) is 10.5. The standard InChI is InChI=1S/C11H7BrO3/c12-9-4-1-6-5-7(13)2-3-8(6)10(9)11(14)15/h1-5,13H,(H,14,15). The second kappa shape index (κ2) is 3.55. The third-order valence-electron chi connectivity index (χ3n) is 2.17. The molecule has 0 aliphatic carbocycles. The van der Waals surface area contributed by atoms with Gasteiger partial charge in [0.05, 0.1) is 5.56 Å². The third kappa shape index (κ3) is 1.68. The molecule has 2 N–H and O–H groups in total. The fourth-order valence-electron chi connectivity index (χ4n) is 1.51. The summed E-state index contributed by atoms with van der Waals surface area (Å²) in [5.41, 5.74) is 0.215. The van der Waals surface area contributed by atoms with E-state index in [0.717, 1.165) is 0 Å². The van der Waals surface area contributed by atoms with E-state index in [1.807, 2.05) is 0 Å².